The number of ether oxygens (including phenoxy) is 2. The van der Waals surface area contributed by atoms with E-state index >= 15 is 0 Å². The van der Waals surface area contributed by atoms with E-state index in [0.717, 1.165) is 33.7 Å². The normalized spacial score (nSPS) is 16.2. The lowest BCUT2D eigenvalue weighted by Gasteiger charge is -2.36. The van der Waals surface area contributed by atoms with E-state index in [1.165, 1.54) is 0 Å². The smallest absolute Gasteiger partial charge is 0.235 e. The van der Waals surface area contributed by atoms with E-state index in [1.54, 1.807) is 7.11 Å². The van der Waals surface area contributed by atoms with Gasteiger partial charge in [0.1, 0.15) is 5.75 Å². The number of hydrogen-bond donors (Lipinski definition) is 1. The zero-order valence-corrected chi connectivity index (χ0v) is 16.0. The molecule has 1 heterocycles. The molecule has 1 fully saturated rings. The summed E-state index contributed by atoms with van der Waals surface area (Å²) in [7, 11) is 1.67. The average molecular weight is 353 g/mol. The Kier molecular flexibility index (Phi) is 5.33. The van der Waals surface area contributed by atoms with Crippen LogP contribution in [0.4, 0.5) is 5.69 Å². The molecular weight excluding hydrogens is 326 g/mol. The molecule has 1 N–H and O–H groups in total. The first-order valence-electron chi connectivity index (χ1n) is 9.08. The molecule has 2 aromatic rings. The molecule has 0 radical (unpaired) electrons. The summed E-state index contributed by atoms with van der Waals surface area (Å²) in [6, 6.07) is 12.2. The summed E-state index contributed by atoms with van der Waals surface area (Å²) < 4.78 is 11.0. The number of rotatable bonds is 4. The van der Waals surface area contributed by atoms with Gasteiger partial charge in [-0.25, -0.2) is 0 Å². The van der Waals surface area contributed by atoms with E-state index < -0.39 is 5.41 Å². The molecule has 4 nitrogen and oxygen atoms in total. The van der Waals surface area contributed by atoms with Crippen molar-refractivity contribution in [2.45, 2.75) is 39.0 Å². The monoisotopic (exact) mass is 353 g/mol. The van der Waals surface area contributed by atoms with Crippen molar-refractivity contribution in [2.24, 2.45) is 0 Å². The Bertz CT molecular complexity index is 784. The number of aryl methyl sites for hydroxylation is 3. The number of hydrogen-bond acceptors (Lipinski definition) is 3. The summed E-state index contributed by atoms with van der Waals surface area (Å²) in [5, 5.41) is 3.15. The fraction of sp³-hybridized carbons (Fsp3) is 0.409. The molecule has 0 unspecified atom stereocenters. The van der Waals surface area contributed by atoms with Crippen LogP contribution in [0, 0.1) is 20.8 Å². The zero-order chi connectivity index (χ0) is 18.7. The van der Waals surface area contributed by atoms with E-state index in [0.29, 0.717) is 26.1 Å². The van der Waals surface area contributed by atoms with Crippen LogP contribution in [0.1, 0.15) is 35.1 Å². The fourth-order valence-corrected chi connectivity index (χ4v) is 3.90. The van der Waals surface area contributed by atoms with Crippen LogP contribution in [0.5, 0.6) is 5.75 Å². The van der Waals surface area contributed by atoms with Crippen molar-refractivity contribution in [3.8, 4) is 5.75 Å². The van der Waals surface area contributed by atoms with Crippen LogP contribution in [0.25, 0.3) is 0 Å². The second-order valence-electron chi connectivity index (χ2n) is 7.16. The first kappa shape index (κ1) is 18.5. The lowest BCUT2D eigenvalue weighted by molar-refractivity contribution is -0.125. The van der Waals surface area contributed by atoms with Gasteiger partial charge >= 0.3 is 0 Å². The van der Waals surface area contributed by atoms with Crippen molar-refractivity contribution in [2.75, 3.05) is 25.6 Å². The van der Waals surface area contributed by atoms with E-state index in [2.05, 4.69) is 30.4 Å². The lowest BCUT2D eigenvalue weighted by atomic mass is 9.73. The van der Waals surface area contributed by atoms with Gasteiger partial charge in [0, 0.05) is 18.9 Å². The van der Waals surface area contributed by atoms with Crippen molar-refractivity contribution in [1.29, 1.82) is 0 Å². The Morgan fingerprint density at radius 3 is 2.31 bits per heavy atom. The number of carbonyl (C=O) groups excluding carboxylic acids is 1. The molecule has 1 aliphatic rings. The molecule has 0 aromatic heterocycles. The van der Waals surface area contributed by atoms with Gasteiger partial charge in [-0.2, -0.15) is 0 Å². The minimum atomic E-state index is -0.550. The third kappa shape index (κ3) is 3.47. The highest BCUT2D eigenvalue weighted by Gasteiger charge is 2.41. The summed E-state index contributed by atoms with van der Waals surface area (Å²) in [5.74, 6) is 0.901. The van der Waals surface area contributed by atoms with Crippen LogP contribution in [0.15, 0.2) is 36.4 Å². The van der Waals surface area contributed by atoms with Crippen LogP contribution in [0.2, 0.25) is 0 Å². The van der Waals surface area contributed by atoms with Crippen LogP contribution >= 0.6 is 0 Å². The van der Waals surface area contributed by atoms with Crippen molar-refractivity contribution in [1.82, 2.24) is 0 Å². The standard InChI is InChI=1S/C22H27NO3/c1-15-6-5-7-18(12-15)22(8-10-26-11-9-22)21(24)23-19-13-16(2)20(25-4)17(3)14-19/h5-7,12-14H,8-11H2,1-4H3,(H,23,24). The van der Waals surface area contributed by atoms with Gasteiger partial charge in [-0.15, -0.1) is 0 Å². The molecule has 0 bridgehead atoms. The van der Waals surface area contributed by atoms with Crippen molar-refractivity contribution < 1.29 is 14.3 Å². The van der Waals surface area contributed by atoms with Crippen LogP contribution in [-0.4, -0.2) is 26.2 Å². The molecule has 0 atom stereocenters. The Morgan fingerprint density at radius 1 is 1.08 bits per heavy atom. The number of nitrogens with one attached hydrogen (secondary N) is 1. The Hall–Kier alpha value is -2.33. The highest BCUT2D eigenvalue weighted by molar-refractivity contribution is 5.99. The van der Waals surface area contributed by atoms with Crippen LogP contribution < -0.4 is 10.1 Å². The van der Waals surface area contributed by atoms with Gasteiger partial charge in [0.05, 0.1) is 12.5 Å². The van der Waals surface area contributed by atoms with Gasteiger partial charge in [0.25, 0.3) is 0 Å². The topological polar surface area (TPSA) is 47.6 Å². The first-order chi connectivity index (χ1) is 12.5. The maximum absolute atomic E-state index is 13.4. The van der Waals surface area contributed by atoms with Crippen molar-refractivity contribution in [3.05, 3.63) is 58.7 Å². The maximum atomic E-state index is 13.4. The van der Waals surface area contributed by atoms with Gasteiger partial charge in [-0.3, -0.25) is 4.79 Å². The molecule has 3 rings (SSSR count). The van der Waals surface area contributed by atoms with E-state index in [4.69, 9.17) is 9.47 Å². The van der Waals surface area contributed by atoms with Crippen LogP contribution in [-0.2, 0) is 14.9 Å². The fourth-order valence-electron chi connectivity index (χ4n) is 3.90. The third-order valence-corrected chi connectivity index (χ3v) is 5.27. The number of methoxy groups -OCH3 is 1. The summed E-state index contributed by atoms with van der Waals surface area (Å²) in [5.41, 5.74) is 4.52. The summed E-state index contributed by atoms with van der Waals surface area (Å²) in [6.07, 6.45) is 1.38. The van der Waals surface area contributed by atoms with E-state index in [-0.39, 0.29) is 5.91 Å². The largest absolute Gasteiger partial charge is 0.496 e. The highest BCUT2D eigenvalue weighted by atomic mass is 16.5. The SMILES string of the molecule is COc1c(C)cc(NC(=O)C2(c3cccc(C)c3)CCOCC2)cc1C. The minimum absolute atomic E-state index is 0.0374. The third-order valence-electron chi connectivity index (χ3n) is 5.27. The van der Waals surface area contributed by atoms with Crippen LogP contribution in [0.3, 0.4) is 0 Å². The molecule has 4 heteroatoms. The number of carbonyl (C=O) groups is 1. The van der Waals surface area contributed by atoms with E-state index in [1.807, 2.05) is 32.0 Å². The summed E-state index contributed by atoms with van der Waals surface area (Å²) >= 11 is 0. The average Bonchev–Trinajstić information content (AvgIpc) is 2.62. The predicted molar refractivity (Wildman–Crippen MR) is 104 cm³/mol. The van der Waals surface area contributed by atoms with Gasteiger partial charge in [0.2, 0.25) is 5.91 Å². The van der Waals surface area contributed by atoms with Gasteiger partial charge in [0.15, 0.2) is 0 Å². The molecule has 138 valence electrons. The predicted octanol–water partition coefficient (Wildman–Crippen LogP) is 4.31. The Morgan fingerprint density at radius 2 is 1.73 bits per heavy atom. The second kappa shape index (κ2) is 7.50. The van der Waals surface area contributed by atoms with Gasteiger partial charge < -0.3 is 14.8 Å². The molecular formula is C22H27NO3. The van der Waals surface area contributed by atoms with Gasteiger partial charge in [-0.1, -0.05) is 29.8 Å². The van der Waals surface area contributed by atoms with Crippen molar-refractivity contribution in [3.63, 3.8) is 0 Å². The first-order valence-corrected chi connectivity index (χ1v) is 9.08. The molecule has 1 amide bonds. The summed E-state index contributed by atoms with van der Waals surface area (Å²) in [4.78, 5) is 13.4. The second-order valence-corrected chi connectivity index (χ2v) is 7.16. The molecule has 1 aliphatic heterocycles. The molecule has 0 saturated carbocycles. The Labute approximate surface area is 155 Å². The molecule has 1 saturated heterocycles. The molecule has 2 aromatic carbocycles. The molecule has 26 heavy (non-hydrogen) atoms. The Balaban J connectivity index is 1.94. The number of benzene rings is 2. The van der Waals surface area contributed by atoms with E-state index in [9.17, 15) is 4.79 Å². The zero-order valence-electron chi connectivity index (χ0n) is 16.0. The lowest BCUT2D eigenvalue weighted by Crippen LogP contribution is -2.44. The minimum Gasteiger partial charge on any atom is -0.496 e. The molecule has 0 aliphatic carbocycles. The van der Waals surface area contributed by atoms with Gasteiger partial charge in [-0.05, 0) is 62.4 Å². The number of amides is 1. The summed E-state index contributed by atoms with van der Waals surface area (Å²) in [6.45, 7) is 7.24. The highest BCUT2D eigenvalue weighted by Crippen LogP contribution is 2.37. The maximum Gasteiger partial charge on any atom is 0.235 e. The quantitative estimate of drug-likeness (QED) is 0.891. The van der Waals surface area contributed by atoms with Crippen molar-refractivity contribution >= 4 is 11.6 Å². The number of anilines is 1. The molecule has 0 spiro atoms.